The quantitative estimate of drug-likeness (QED) is 0.383. The molecule has 0 radical (unpaired) electrons. The number of hydrogen-bond acceptors (Lipinski definition) is 5. The van der Waals surface area contributed by atoms with Gasteiger partial charge in [0.25, 0.3) is 0 Å². The molecule has 0 amide bonds. The second kappa shape index (κ2) is 8.66. The zero-order chi connectivity index (χ0) is 20.5. The number of nitrogens with zero attached hydrogens (tertiary/aromatic N) is 1. The van der Waals surface area contributed by atoms with Gasteiger partial charge in [0, 0.05) is 34.5 Å². The molecule has 0 unspecified atom stereocenters. The number of aromatic carboxylic acids is 1. The monoisotopic (exact) mass is 413 g/mol. The fourth-order valence-corrected chi connectivity index (χ4v) is 2.98. The van der Waals surface area contributed by atoms with E-state index in [1.54, 1.807) is 18.2 Å². The summed E-state index contributed by atoms with van der Waals surface area (Å²) in [5.41, 5.74) is 1.80. The van der Waals surface area contributed by atoms with Crippen LogP contribution in [0, 0.1) is 5.82 Å². The van der Waals surface area contributed by atoms with Crippen molar-refractivity contribution < 1.29 is 49.0 Å². The SMILES string of the molecule is O=C([O-])c1cc(-c2nc(-c3cc[nH]c(=O)c3)c(-c3ccc(F)cc3)[nH]2)ccc1O.[Na+]. The largest absolute Gasteiger partial charge is 1.00 e. The van der Waals surface area contributed by atoms with Crippen LogP contribution in [-0.2, 0) is 0 Å². The molecule has 9 heteroatoms. The number of halogens is 1. The topological polar surface area (TPSA) is 122 Å². The molecule has 4 aromatic rings. The maximum absolute atomic E-state index is 13.4. The van der Waals surface area contributed by atoms with Gasteiger partial charge in [-0.1, -0.05) is 0 Å². The number of benzene rings is 2. The number of rotatable bonds is 4. The summed E-state index contributed by atoms with van der Waals surface area (Å²) in [7, 11) is 0. The van der Waals surface area contributed by atoms with Gasteiger partial charge in [0.05, 0.1) is 17.4 Å². The predicted octanol–water partition coefficient (Wildman–Crippen LogP) is -0.689. The smallest absolute Gasteiger partial charge is 0.545 e. The first kappa shape index (κ1) is 21.5. The summed E-state index contributed by atoms with van der Waals surface area (Å²) in [5, 5.41) is 20.9. The van der Waals surface area contributed by atoms with Gasteiger partial charge in [-0.15, -0.1) is 0 Å². The zero-order valence-corrected chi connectivity index (χ0v) is 17.8. The third-order valence-corrected chi connectivity index (χ3v) is 4.38. The van der Waals surface area contributed by atoms with E-state index in [9.17, 15) is 24.2 Å². The molecule has 2 heterocycles. The molecule has 0 saturated heterocycles. The van der Waals surface area contributed by atoms with E-state index in [4.69, 9.17) is 0 Å². The minimum absolute atomic E-state index is 0. The number of carboxylic acids is 1. The van der Waals surface area contributed by atoms with E-state index in [1.165, 1.54) is 42.6 Å². The molecular formula is C21H13FN3NaO4. The van der Waals surface area contributed by atoms with E-state index >= 15 is 0 Å². The third-order valence-electron chi connectivity index (χ3n) is 4.38. The Morgan fingerprint density at radius 1 is 1.00 bits per heavy atom. The number of carboxylic acid groups (broad SMARTS) is 1. The molecule has 7 nitrogen and oxygen atoms in total. The number of hydrogen-bond donors (Lipinski definition) is 3. The van der Waals surface area contributed by atoms with Crippen LogP contribution in [0.15, 0.2) is 65.6 Å². The Hall–Kier alpha value is -3.20. The molecule has 144 valence electrons. The van der Waals surface area contributed by atoms with Gasteiger partial charge in [0.2, 0.25) is 5.56 Å². The molecule has 0 atom stereocenters. The maximum atomic E-state index is 13.4. The summed E-state index contributed by atoms with van der Waals surface area (Å²) in [5.74, 6) is -2.04. The summed E-state index contributed by atoms with van der Waals surface area (Å²) in [6, 6.07) is 12.7. The number of H-pyrrole nitrogens is 2. The van der Waals surface area contributed by atoms with Crippen molar-refractivity contribution in [1.82, 2.24) is 15.0 Å². The third kappa shape index (κ3) is 4.20. The number of carbonyl (C=O) groups is 1. The van der Waals surface area contributed by atoms with Crippen molar-refractivity contribution in [1.29, 1.82) is 0 Å². The van der Waals surface area contributed by atoms with Crippen LogP contribution < -0.4 is 40.2 Å². The van der Waals surface area contributed by atoms with Gasteiger partial charge in [0.15, 0.2) is 0 Å². The molecule has 2 aromatic heterocycles. The number of carbonyl (C=O) groups excluding carboxylic acids is 1. The van der Waals surface area contributed by atoms with Crippen molar-refractivity contribution in [3.63, 3.8) is 0 Å². The van der Waals surface area contributed by atoms with Crippen LogP contribution in [0.4, 0.5) is 4.39 Å². The molecule has 0 saturated carbocycles. The molecule has 0 aliphatic heterocycles. The van der Waals surface area contributed by atoms with Crippen LogP contribution in [0.1, 0.15) is 10.4 Å². The Kier molecular flexibility index (Phi) is 6.21. The number of phenols is 1. The fourth-order valence-electron chi connectivity index (χ4n) is 2.98. The number of aromatic hydroxyl groups is 1. The first-order valence-electron chi connectivity index (χ1n) is 8.52. The summed E-state index contributed by atoms with van der Waals surface area (Å²) >= 11 is 0. The van der Waals surface area contributed by atoms with Crippen LogP contribution in [0.25, 0.3) is 33.9 Å². The molecule has 0 aliphatic carbocycles. The number of imidazole rings is 1. The molecule has 3 N–H and O–H groups in total. The van der Waals surface area contributed by atoms with Gasteiger partial charge < -0.3 is 25.0 Å². The van der Waals surface area contributed by atoms with Gasteiger partial charge in [-0.05, 0) is 48.5 Å². The van der Waals surface area contributed by atoms with Crippen molar-refractivity contribution in [3.8, 4) is 39.7 Å². The van der Waals surface area contributed by atoms with E-state index in [2.05, 4.69) is 15.0 Å². The maximum Gasteiger partial charge on any atom is 1.00 e. The van der Waals surface area contributed by atoms with Gasteiger partial charge >= 0.3 is 29.6 Å². The Labute approximate surface area is 191 Å². The fraction of sp³-hybridized carbons (Fsp3) is 0. The minimum Gasteiger partial charge on any atom is -0.545 e. The second-order valence-corrected chi connectivity index (χ2v) is 6.28. The van der Waals surface area contributed by atoms with Crippen molar-refractivity contribution in [2.75, 3.05) is 0 Å². The van der Waals surface area contributed by atoms with Gasteiger partial charge in [-0.3, -0.25) is 4.79 Å². The summed E-state index contributed by atoms with van der Waals surface area (Å²) in [4.78, 5) is 33.1. The van der Waals surface area contributed by atoms with Crippen LogP contribution in [0.3, 0.4) is 0 Å². The van der Waals surface area contributed by atoms with E-state index in [0.29, 0.717) is 33.9 Å². The van der Waals surface area contributed by atoms with Crippen LogP contribution in [-0.4, -0.2) is 26.0 Å². The average Bonchev–Trinajstić information content (AvgIpc) is 3.14. The molecule has 0 fully saturated rings. The van der Waals surface area contributed by atoms with Gasteiger partial charge in [-0.25, -0.2) is 9.37 Å². The Morgan fingerprint density at radius 2 is 1.70 bits per heavy atom. The molecule has 2 aromatic carbocycles. The van der Waals surface area contributed by atoms with Crippen molar-refractivity contribution >= 4 is 5.97 Å². The molecule has 4 rings (SSSR count). The van der Waals surface area contributed by atoms with Crippen LogP contribution >= 0.6 is 0 Å². The van der Waals surface area contributed by atoms with E-state index in [-0.39, 0.29) is 40.7 Å². The number of nitrogens with one attached hydrogen (secondary N) is 2. The van der Waals surface area contributed by atoms with Crippen molar-refractivity contribution in [3.05, 3.63) is 82.5 Å². The minimum atomic E-state index is -1.52. The molecular weight excluding hydrogens is 400 g/mol. The van der Waals surface area contributed by atoms with Gasteiger partial charge in [-0.2, -0.15) is 0 Å². The second-order valence-electron chi connectivity index (χ2n) is 6.28. The van der Waals surface area contributed by atoms with Crippen molar-refractivity contribution in [2.45, 2.75) is 0 Å². The molecule has 30 heavy (non-hydrogen) atoms. The number of pyridine rings is 1. The van der Waals surface area contributed by atoms with E-state index in [0.717, 1.165) is 0 Å². The number of aromatic amines is 2. The summed E-state index contributed by atoms with van der Waals surface area (Å²) in [6.45, 7) is 0. The summed E-state index contributed by atoms with van der Waals surface area (Å²) in [6.07, 6.45) is 1.48. The predicted molar refractivity (Wildman–Crippen MR) is 101 cm³/mol. The first-order chi connectivity index (χ1) is 13.9. The van der Waals surface area contributed by atoms with Gasteiger partial charge in [0.1, 0.15) is 17.4 Å². The van der Waals surface area contributed by atoms with E-state index < -0.39 is 17.5 Å². The molecule has 0 bridgehead atoms. The Bertz CT molecular complexity index is 1280. The van der Waals surface area contributed by atoms with E-state index in [1.807, 2.05) is 0 Å². The molecule has 0 spiro atoms. The normalized spacial score (nSPS) is 10.4. The standard InChI is InChI=1S/C21H14FN3O4.Na/c22-14-4-1-11(2-5-14)18-19(12-7-8-23-17(27)10-12)25-20(24-18)13-3-6-16(26)15(9-13)21(28)29;/h1-10,26H,(H,23,27)(H,24,25)(H,28,29);/q;+1/p-1. The summed E-state index contributed by atoms with van der Waals surface area (Å²) < 4.78 is 13.4. The first-order valence-corrected chi connectivity index (χ1v) is 8.52. The van der Waals surface area contributed by atoms with Crippen LogP contribution in [0.2, 0.25) is 0 Å². The van der Waals surface area contributed by atoms with Crippen LogP contribution in [0.5, 0.6) is 5.75 Å². The Morgan fingerprint density at radius 3 is 2.37 bits per heavy atom. The van der Waals surface area contributed by atoms with Crippen molar-refractivity contribution in [2.24, 2.45) is 0 Å². The average molecular weight is 413 g/mol. The Balaban J connectivity index is 0.00000256. The zero-order valence-electron chi connectivity index (χ0n) is 15.8. The molecule has 0 aliphatic rings. The number of aromatic nitrogens is 3.